The van der Waals surface area contributed by atoms with Gasteiger partial charge in [0.05, 0.1) is 21.9 Å². The first-order chi connectivity index (χ1) is 14.3. The largest absolute Gasteiger partial charge is 0.317 e. The third-order valence-electron chi connectivity index (χ3n) is 5.21. The van der Waals surface area contributed by atoms with Crippen LogP contribution in [0.25, 0.3) is 11.8 Å². The van der Waals surface area contributed by atoms with E-state index < -0.39 is 4.92 Å². The quantitative estimate of drug-likeness (QED) is 0.358. The highest BCUT2D eigenvalue weighted by Gasteiger charge is 2.29. The molecule has 2 aromatic carbocycles. The van der Waals surface area contributed by atoms with Crippen molar-refractivity contribution < 1.29 is 9.72 Å². The third kappa shape index (κ3) is 3.41. The molecule has 0 bridgehead atoms. The molecule has 0 saturated carbocycles. The summed E-state index contributed by atoms with van der Waals surface area (Å²) in [5.41, 5.74) is 5.71. The van der Waals surface area contributed by atoms with E-state index in [2.05, 4.69) is 5.10 Å². The maximum Gasteiger partial charge on any atom is 0.280 e. The van der Waals surface area contributed by atoms with Crippen molar-refractivity contribution >= 4 is 29.1 Å². The molecule has 1 aliphatic rings. The highest BCUT2D eigenvalue weighted by molar-refractivity contribution is 6.32. The van der Waals surface area contributed by atoms with Crippen molar-refractivity contribution in [2.45, 2.75) is 20.8 Å². The number of non-ortho nitro benzene ring substituents is 1. The summed E-state index contributed by atoms with van der Waals surface area (Å²) >= 11 is 0. The summed E-state index contributed by atoms with van der Waals surface area (Å²) in [7, 11) is 0. The van der Waals surface area contributed by atoms with Gasteiger partial charge in [-0.2, -0.15) is 10.1 Å². The van der Waals surface area contributed by atoms with Crippen molar-refractivity contribution in [3.8, 4) is 5.69 Å². The van der Waals surface area contributed by atoms with E-state index in [1.54, 1.807) is 18.2 Å². The number of benzene rings is 2. The Labute approximate surface area is 173 Å². The summed E-state index contributed by atoms with van der Waals surface area (Å²) in [5.74, 6) is -0.188. The fraction of sp³-hybridized carbons (Fsp3) is 0.130. The van der Waals surface area contributed by atoms with E-state index in [0.29, 0.717) is 11.3 Å². The molecular weight excluding hydrogens is 380 g/mol. The van der Waals surface area contributed by atoms with Crippen LogP contribution in [0.2, 0.25) is 0 Å². The standard InChI is InChI=1S/C23H20N4O3/c1-15-6-7-21(13-16(15)2)26-23(28)22(17(3)24-26)14-20-5-4-12-25(20)18-8-10-19(11-9-18)27(29)30/h4-14H,1-3H3. The Bertz CT molecular complexity index is 1220. The Morgan fingerprint density at radius 2 is 1.67 bits per heavy atom. The van der Waals surface area contributed by atoms with Gasteiger partial charge in [0.1, 0.15) is 0 Å². The smallest absolute Gasteiger partial charge is 0.280 e. The highest BCUT2D eigenvalue weighted by Crippen LogP contribution is 2.27. The zero-order chi connectivity index (χ0) is 21.4. The molecule has 1 aliphatic heterocycles. The molecular formula is C23H20N4O3. The SMILES string of the molecule is CC1=NN(c2ccc(C)c(C)c2)C(=O)C1=Cc1cccn1-c1ccc([N+](=O)[O-])cc1. The Morgan fingerprint density at radius 1 is 0.967 bits per heavy atom. The number of anilines is 1. The minimum absolute atomic E-state index is 0.0313. The first-order valence-electron chi connectivity index (χ1n) is 9.46. The van der Waals surface area contributed by atoms with Crippen LogP contribution in [-0.4, -0.2) is 21.1 Å². The fourth-order valence-corrected chi connectivity index (χ4v) is 3.35. The van der Waals surface area contributed by atoms with Gasteiger partial charge in [-0.1, -0.05) is 6.07 Å². The van der Waals surface area contributed by atoms with E-state index in [9.17, 15) is 14.9 Å². The maximum absolute atomic E-state index is 13.1. The number of nitro benzene ring substituents is 1. The van der Waals surface area contributed by atoms with Gasteiger partial charge in [0, 0.05) is 29.7 Å². The first-order valence-corrected chi connectivity index (χ1v) is 9.46. The summed E-state index contributed by atoms with van der Waals surface area (Å²) in [4.78, 5) is 23.5. The lowest BCUT2D eigenvalue weighted by Gasteiger charge is -2.13. The number of nitro groups is 1. The number of carbonyl (C=O) groups is 1. The van der Waals surface area contributed by atoms with E-state index >= 15 is 0 Å². The van der Waals surface area contributed by atoms with Crippen LogP contribution < -0.4 is 5.01 Å². The van der Waals surface area contributed by atoms with Gasteiger partial charge in [-0.25, -0.2) is 0 Å². The number of aromatic nitrogens is 1. The van der Waals surface area contributed by atoms with Crippen LogP contribution in [0, 0.1) is 24.0 Å². The van der Waals surface area contributed by atoms with Gasteiger partial charge in [-0.05, 0) is 74.4 Å². The van der Waals surface area contributed by atoms with Gasteiger partial charge in [-0.15, -0.1) is 0 Å². The average molecular weight is 400 g/mol. The van der Waals surface area contributed by atoms with Gasteiger partial charge < -0.3 is 4.57 Å². The van der Waals surface area contributed by atoms with Crippen LogP contribution in [0.5, 0.6) is 0 Å². The van der Waals surface area contributed by atoms with Crippen molar-refractivity contribution in [1.29, 1.82) is 0 Å². The van der Waals surface area contributed by atoms with E-state index in [4.69, 9.17) is 0 Å². The molecule has 0 radical (unpaired) electrons. The number of rotatable bonds is 4. The molecule has 7 nitrogen and oxygen atoms in total. The monoisotopic (exact) mass is 400 g/mol. The number of hydrazone groups is 1. The minimum Gasteiger partial charge on any atom is -0.317 e. The Kier molecular flexibility index (Phi) is 4.79. The lowest BCUT2D eigenvalue weighted by atomic mass is 10.1. The summed E-state index contributed by atoms with van der Waals surface area (Å²) < 4.78 is 1.87. The summed E-state index contributed by atoms with van der Waals surface area (Å²) in [6.45, 7) is 5.84. The van der Waals surface area contributed by atoms with Crippen molar-refractivity contribution in [1.82, 2.24) is 4.57 Å². The van der Waals surface area contributed by atoms with E-state index in [1.165, 1.54) is 17.1 Å². The van der Waals surface area contributed by atoms with Crippen molar-refractivity contribution in [2.24, 2.45) is 5.10 Å². The van der Waals surface area contributed by atoms with Crippen LogP contribution >= 0.6 is 0 Å². The molecule has 0 fully saturated rings. The second-order valence-corrected chi connectivity index (χ2v) is 7.21. The average Bonchev–Trinajstić information content (AvgIpc) is 3.30. The van der Waals surface area contributed by atoms with E-state index in [1.807, 2.05) is 61.9 Å². The molecule has 4 rings (SSSR count). The van der Waals surface area contributed by atoms with Crippen LogP contribution in [-0.2, 0) is 4.79 Å². The van der Waals surface area contributed by atoms with E-state index in [-0.39, 0.29) is 11.6 Å². The Hall–Kier alpha value is -4.00. The molecule has 7 heteroatoms. The van der Waals surface area contributed by atoms with Gasteiger partial charge in [-0.3, -0.25) is 14.9 Å². The molecule has 0 N–H and O–H groups in total. The molecule has 30 heavy (non-hydrogen) atoms. The van der Waals surface area contributed by atoms with Crippen LogP contribution in [0.1, 0.15) is 23.7 Å². The Balaban J connectivity index is 1.67. The topological polar surface area (TPSA) is 80.7 Å². The molecule has 3 aromatic rings. The normalized spacial score (nSPS) is 15.0. The zero-order valence-electron chi connectivity index (χ0n) is 16.9. The molecule has 0 saturated heterocycles. The van der Waals surface area contributed by atoms with Gasteiger partial charge in [0.25, 0.3) is 11.6 Å². The van der Waals surface area contributed by atoms with E-state index in [0.717, 1.165) is 28.2 Å². The maximum atomic E-state index is 13.1. The summed E-state index contributed by atoms with van der Waals surface area (Å²) in [6.07, 6.45) is 3.64. The van der Waals surface area contributed by atoms with Crippen molar-refractivity contribution in [3.63, 3.8) is 0 Å². The van der Waals surface area contributed by atoms with Crippen LogP contribution in [0.15, 0.2) is 71.5 Å². The first kappa shape index (κ1) is 19.3. The third-order valence-corrected chi connectivity index (χ3v) is 5.21. The number of aryl methyl sites for hydroxylation is 2. The number of nitrogens with zero attached hydrogens (tertiary/aromatic N) is 4. The van der Waals surface area contributed by atoms with Gasteiger partial charge in [0.2, 0.25) is 0 Å². The molecule has 2 heterocycles. The lowest BCUT2D eigenvalue weighted by Crippen LogP contribution is -2.21. The van der Waals surface area contributed by atoms with Crippen LogP contribution in [0.3, 0.4) is 0 Å². The molecule has 150 valence electrons. The Morgan fingerprint density at radius 3 is 2.33 bits per heavy atom. The summed E-state index contributed by atoms with van der Waals surface area (Å²) in [6, 6.07) is 15.8. The molecule has 1 amide bonds. The zero-order valence-corrected chi connectivity index (χ0v) is 16.9. The highest BCUT2D eigenvalue weighted by atomic mass is 16.6. The number of carbonyl (C=O) groups excluding carboxylic acids is 1. The van der Waals surface area contributed by atoms with Gasteiger partial charge >= 0.3 is 0 Å². The predicted octanol–water partition coefficient (Wildman–Crippen LogP) is 4.81. The van der Waals surface area contributed by atoms with Crippen molar-refractivity contribution in [2.75, 3.05) is 5.01 Å². The number of amides is 1. The number of hydrogen-bond acceptors (Lipinski definition) is 4. The predicted molar refractivity (Wildman–Crippen MR) is 117 cm³/mol. The molecule has 0 unspecified atom stereocenters. The molecule has 0 spiro atoms. The number of hydrogen-bond donors (Lipinski definition) is 0. The van der Waals surface area contributed by atoms with Gasteiger partial charge in [0.15, 0.2) is 0 Å². The second-order valence-electron chi connectivity index (χ2n) is 7.21. The minimum atomic E-state index is -0.430. The summed E-state index contributed by atoms with van der Waals surface area (Å²) in [5, 5.41) is 16.8. The molecule has 0 aliphatic carbocycles. The lowest BCUT2D eigenvalue weighted by molar-refractivity contribution is -0.384. The van der Waals surface area contributed by atoms with Crippen LogP contribution in [0.4, 0.5) is 11.4 Å². The van der Waals surface area contributed by atoms with Crippen molar-refractivity contribution in [3.05, 3.63) is 93.3 Å². The second kappa shape index (κ2) is 7.44. The fourth-order valence-electron chi connectivity index (χ4n) is 3.35. The molecule has 1 aromatic heterocycles. The molecule has 0 atom stereocenters.